The van der Waals surface area contributed by atoms with Gasteiger partial charge >= 0.3 is 5.97 Å². The Bertz CT molecular complexity index is 512. The summed E-state index contributed by atoms with van der Waals surface area (Å²) in [4.78, 5) is 26.0. The summed E-state index contributed by atoms with van der Waals surface area (Å²) in [6.45, 7) is 1.89. The quantitative estimate of drug-likeness (QED) is 0.794. The van der Waals surface area contributed by atoms with Crippen LogP contribution in [0.2, 0.25) is 0 Å². The van der Waals surface area contributed by atoms with Crippen molar-refractivity contribution in [3.63, 3.8) is 0 Å². The van der Waals surface area contributed by atoms with E-state index in [-0.39, 0.29) is 30.6 Å². The number of aromatic hydroxyl groups is 1. The number of aliphatic carboxylic acids is 1. The first-order chi connectivity index (χ1) is 10.1. The third kappa shape index (κ3) is 4.35. The Morgan fingerprint density at radius 1 is 1.14 bits per heavy atom. The van der Waals surface area contributed by atoms with Crippen molar-refractivity contribution in [3.05, 3.63) is 24.3 Å². The smallest absolute Gasteiger partial charge is 0.317 e. The van der Waals surface area contributed by atoms with Crippen molar-refractivity contribution in [3.8, 4) is 11.5 Å². The number of amides is 1. The van der Waals surface area contributed by atoms with Crippen LogP contribution >= 0.6 is 0 Å². The van der Waals surface area contributed by atoms with E-state index in [1.807, 2.05) is 0 Å². The number of carbonyl (C=O) groups is 2. The van der Waals surface area contributed by atoms with E-state index in [0.29, 0.717) is 26.2 Å². The third-order valence-corrected chi connectivity index (χ3v) is 3.30. The molecule has 21 heavy (non-hydrogen) atoms. The minimum absolute atomic E-state index is 0.00317. The molecular weight excluding hydrogens is 276 g/mol. The molecule has 0 aromatic heterocycles. The van der Waals surface area contributed by atoms with Crippen molar-refractivity contribution in [2.24, 2.45) is 0 Å². The van der Waals surface area contributed by atoms with Crippen molar-refractivity contribution in [1.29, 1.82) is 0 Å². The lowest BCUT2D eigenvalue weighted by atomic mass is 10.3. The summed E-state index contributed by atoms with van der Waals surface area (Å²) >= 11 is 0. The minimum atomic E-state index is -0.863. The van der Waals surface area contributed by atoms with E-state index in [0.717, 1.165) is 0 Å². The third-order valence-electron chi connectivity index (χ3n) is 3.30. The minimum Gasteiger partial charge on any atom is -0.504 e. The molecule has 0 atom stereocenters. The van der Waals surface area contributed by atoms with Gasteiger partial charge in [0.15, 0.2) is 18.1 Å². The number of phenols is 1. The van der Waals surface area contributed by atoms with Gasteiger partial charge in [-0.3, -0.25) is 14.5 Å². The SMILES string of the molecule is O=C(O)CN1CCN(C(=O)COc2ccccc2O)CC1. The van der Waals surface area contributed by atoms with Crippen molar-refractivity contribution in [1.82, 2.24) is 9.80 Å². The summed E-state index contributed by atoms with van der Waals surface area (Å²) in [7, 11) is 0. The van der Waals surface area contributed by atoms with E-state index >= 15 is 0 Å². The van der Waals surface area contributed by atoms with Crippen LogP contribution in [0.25, 0.3) is 0 Å². The molecule has 1 fully saturated rings. The zero-order chi connectivity index (χ0) is 15.2. The standard InChI is InChI=1S/C14H18N2O5/c17-11-3-1-2-4-12(11)21-10-13(18)16-7-5-15(6-8-16)9-14(19)20/h1-4,17H,5-10H2,(H,19,20). The highest BCUT2D eigenvalue weighted by molar-refractivity contribution is 5.78. The van der Waals surface area contributed by atoms with Crippen LogP contribution in [0.4, 0.5) is 0 Å². The summed E-state index contributed by atoms with van der Waals surface area (Å²) in [6.07, 6.45) is 0. The van der Waals surface area contributed by atoms with E-state index in [1.165, 1.54) is 6.07 Å². The topological polar surface area (TPSA) is 90.3 Å². The number of nitrogens with zero attached hydrogens (tertiary/aromatic N) is 2. The number of hydrogen-bond donors (Lipinski definition) is 2. The molecule has 114 valence electrons. The van der Waals surface area contributed by atoms with Gasteiger partial charge in [-0.1, -0.05) is 12.1 Å². The summed E-state index contributed by atoms with van der Waals surface area (Å²) in [5, 5.41) is 18.3. The lowest BCUT2D eigenvalue weighted by Gasteiger charge is -2.33. The lowest BCUT2D eigenvalue weighted by Crippen LogP contribution is -2.51. The highest BCUT2D eigenvalue weighted by atomic mass is 16.5. The van der Waals surface area contributed by atoms with E-state index in [9.17, 15) is 14.7 Å². The van der Waals surface area contributed by atoms with Gasteiger partial charge in [0.2, 0.25) is 0 Å². The summed E-state index contributed by atoms with van der Waals surface area (Å²) in [5.74, 6) is -0.766. The maximum atomic E-state index is 12.0. The number of rotatable bonds is 5. The van der Waals surface area contributed by atoms with Crippen LogP contribution in [0.1, 0.15) is 0 Å². The Morgan fingerprint density at radius 3 is 2.43 bits per heavy atom. The average Bonchev–Trinajstić information content (AvgIpc) is 2.46. The summed E-state index contributed by atoms with van der Waals surface area (Å²) in [6, 6.07) is 6.47. The van der Waals surface area contributed by atoms with Gasteiger partial charge in [0.1, 0.15) is 0 Å². The maximum absolute atomic E-state index is 12.0. The Kier molecular flexibility index (Phi) is 4.99. The fraction of sp³-hybridized carbons (Fsp3) is 0.429. The second-order valence-corrected chi connectivity index (χ2v) is 4.81. The largest absolute Gasteiger partial charge is 0.504 e. The molecule has 1 amide bonds. The molecule has 1 aliphatic rings. The highest BCUT2D eigenvalue weighted by Gasteiger charge is 2.22. The monoisotopic (exact) mass is 294 g/mol. The van der Waals surface area contributed by atoms with Crippen molar-refractivity contribution in [2.45, 2.75) is 0 Å². The van der Waals surface area contributed by atoms with Gasteiger partial charge in [-0.05, 0) is 12.1 Å². The molecule has 1 saturated heterocycles. The van der Waals surface area contributed by atoms with E-state index in [1.54, 1.807) is 28.0 Å². The number of carbonyl (C=O) groups excluding carboxylic acids is 1. The van der Waals surface area contributed by atoms with Crippen molar-refractivity contribution in [2.75, 3.05) is 39.3 Å². The molecule has 0 spiro atoms. The van der Waals surface area contributed by atoms with Crippen LogP contribution < -0.4 is 4.74 Å². The molecule has 1 aromatic rings. The molecular formula is C14H18N2O5. The molecule has 0 saturated carbocycles. The molecule has 0 bridgehead atoms. The number of ether oxygens (including phenoxy) is 1. The van der Waals surface area contributed by atoms with Crippen LogP contribution in [0.3, 0.4) is 0 Å². The van der Waals surface area contributed by atoms with Crippen molar-refractivity contribution >= 4 is 11.9 Å². The van der Waals surface area contributed by atoms with Gasteiger partial charge in [-0.25, -0.2) is 0 Å². The van der Waals surface area contributed by atoms with Gasteiger partial charge in [0.25, 0.3) is 5.91 Å². The molecule has 2 rings (SSSR count). The predicted molar refractivity (Wildman–Crippen MR) is 74.3 cm³/mol. The molecule has 7 nitrogen and oxygen atoms in total. The molecule has 1 aromatic carbocycles. The number of piperazine rings is 1. The zero-order valence-electron chi connectivity index (χ0n) is 11.6. The zero-order valence-corrected chi connectivity index (χ0v) is 11.6. The first-order valence-corrected chi connectivity index (χ1v) is 6.69. The van der Waals surface area contributed by atoms with E-state index in [2.05, 4.69) is 0 Å². The number of carboxylic acids is 1. The first-order valence-electron chi connectivity index (χ1n) is 6.69. The van der Waals surface area contributed by atoms with Crippen LogP contribution in [-0.4, -0.2) is 71.2 Å². The molecule has 2 N–H and O–H groups in total. The average molecular weight is 294 g/mol. The predicted octanol–water partition coefficient (Wildman–Crippen LogP) is -0.000200. The molecule has 7 heteroatoms. The second-order valence-electron chi connectivity index (χ2n) is 4.81. The van der Waals surface area contributed by atoms with Crippen LogP contribution in [0.15, 0.2) is 24.3 Å². The normalized spacial score (nSPS) is 15.7. The summed E-state index contributed by atoms with van der Waals surface area (Å²) in [5.41, 5.74) is 0. The Balaban J connectivity index is 1.77. The second kappa shape index (κ2) is 6.94. The number of para-hydroxylation sites is 2. The number of benzene rings is 1. The number of phenolic OH excluding ortho intramolecular Hbond substituents is 1. The fourth-order valence-electron chi connectivity index (χ4n) is 2.16. The van der Waals surface area contributed by atoms with Crippen LogP contribution in [0.5, 0.6) is 11.5 Å². The number of carboxylic acid groups (broad SMARTS) is 1. The Morgan fingerprint density at radius 2 is 1.81 bits per heavy atom. The maximum Gasteiger partial charge on any atom is 0.317 e. The highest BCUT2D eigenvalue weighted by Crippen LogP contribution is 2.24. The Labute approximate surface area is 122 Å². The summed E-state index contributed by atoms with van der Waals surface area (Å²) < 4.78 is 5.29. The van der Waals surface area contributed by atoms with Gasteiger partial charge in [-0.2, -0.15) is 0 Å². The molecule has 0 unspecified atom stereocenters. The van der Waals surface area contributed by atoms with Gasteiger partial charge in [0.05, 0.1) is 6.54 Å². The Hall–Kier alpha value is -2.28. The van der Waals surface area contributed by atoms with Gasteiger partial charge in [-0.15, -0.1) is 0 Å². The fourth-order valence-corrected chi connectivity index (χ4v) is 2.16. The number of hydrogen-bond acceptors (Lipinski definition) is 5. The van der Waals surface area contributed by atoms with E-state index < -0.39 is 5.97 Å². The van der Waals surface area contributed by atoms with E-state index in [4.69, 9.17) is 9.84 Å². The lowest BCUT2D eigenvalue weighted by molar-refractivity contribution is -0.139. The molecule has 1 aliphatic heterocycles. The molecule has 0 aliphatic carbocycles. The molecule has 1 heterocycles. The van der Waals surface area contributed by atoms with Crippen molar-refractivity contribution < 1.29 is 24.5 Å². The first kappa shape index (κ1) is 15.1. The molecule has 0 radical (unpaired) electrons. The van der Waals surface area contributed by atoms with Gasteiger partial charge < -0.3 is 19.8 Å². The van der Waals surface area contributed by atoms with Crippen LogP contribution in [0, 0.1) is 0 Å². The van der Waals surface area contributed by atoms with Gasteiger partial charge in [0, 0.05) is 26.2 Å². The van der Waals surface area contributed by atoms with Crippen LogP contribution in [-0.2, 0) is 9.59 Å².